The van der Waals surface area contributed by atoms with Crippen LogP contribution < -0.4 is 0 Å². The van der Waals surface area contributed by atoms with Crippen LogP contribution in [0.4, 0.5) is 5.69 Å². The molecule has 0 aliphatic carbocycles. The molecule has 20 heavy (non-hydrogen) atoms. The van der Waals surface area contributed by atoms with Gasteiger partial charge in [0.2, 0.25) is 0 Å². The molecule has 0 aliphatic rings. The predicted molar refractivity (Wildman–Crippen MR) is 83.3 cm³/mol. The first kappa shape index (κ1) is 14.0. The molecule has 0 aliphatic heterocycles. The first-order valence-electron chi connectivity index (χ1n) is 6.83. The summed E-state index contributed by atoms with van der Waals surface area (Å²) in [5, 5.41) is 9.16. The van der Waals surface area contributed by atoms with Crippen LogP contribution in [0.2, 0.25) is 0 Å². The van der Waals surface area contributed by atoms with Crippen LogP contribution in [0.3, 0.4) is 0 Å². The van der Waals surface area contributed by atoms with Crippen molar-refractivity contribution in [3.63, 3.8) is 0 Å². The Morgan fingerprint density at radius 2 is 1.70 bits per heavy atom. The third kappa shape index (κ3) is 3.55. The summed E-state index contributed by atoms with van der Waals surface area (Å²) in [7, 11) is 0. The van der Waals surface area contributed by atoms with Crippen molar-refractivity contribution < 1.29 is 0 Å². The molecule has 0 saturated heterocycles. The van der Waals surface area contributed by atoms with Gasteiger partial charge in [0.25, 0.3) is 0 Å². The van der Waals surface area contributed by atoms with Gasteiger partial charge in [-0.15, -0.1) is 0 Å². The smallest absolute Gasteiger partial charge is 0.101 e. The van der Waals surface area contributed by atoms with Crippen LogP contribution in [0.5, 0.6) is 0 Å². The average molecular weight is 262 g/mol. The van der Waals surface area contributed by atoms with E-state index in [1.165, 1.54) is 0 Å². The fourth-order valence-corrected chi connectivity index (χ4v) is 2.06. The van der Waals surface area contributed by atoms with Crippen LogP contribution in [0, 0.1) is 17.2 Å². The molecule has 0 heterocycles. The van der Waals surface area contributed by atoms with Crippen molar-refractivity contribution in [2.45, 2.75) is 20.3 Å². The highest BCUT2D eigenvalue weighted by atomic mass is 14.8. The van der Waals surface area contributed by atoms with E-state index in [-0.39, 0.29) is 0 Å². The molecule has 0 spiro atoms. The lowest BCUT2D eigenvalue weighted by Gasteiger charge is -2.10. The second-order valence-electron chi connectivity index (χ2n) is 5.15. The standard InChI is InChI=1S/C18H18N2/c1-14(2)12-18(15-8-4-3-5-9-15)20-17-11-7-6-10-16(17)13-19/h3-11,14H,12H2,1-2H3. The Morgan fingerprint density at radius 3 is 2.35 bits per heavy atom. The quantitative estimate of drug-likeness (QED) is 0.734. The lowest BCUT2D eigenvalue weighted by atomic mass is 10.00. The van der Waals surface area contributed by atoms with E-state index in [0.717, 1.165) is 23.4 Å². The van der Waals surface area contributed by atoms with Crippen molar-refractivity contribution >= 4 is 11.4 Å². The number of hydrogen-bond donors (Lipinski definition) is 0. The summed E-state index contributed by atoms with van der Waals surface area (Å²) < 4.78 is 0. The van der Waals surface area contributed by atoms with Crippen molar-refractivity contribution in [3.05, 3.63) is 65.7 Å². The fourth-order valence-electron chi connectivity index (χ4n) is 2.06. The molecule has 2 rings (SSSR count). The molecular weight excluding hydrogens is 244 g/mol. The molecule has 0 radical (unpaired) electrons. The van der Waals surface area contributed by atoms with Gasteiger partial charge in [0.1, 0.15) is 6.07 Å². The normalized spacial score (nSPS) is 11.4. The third-order valence-corrected chi connectivity index (χ3v) is 2.99. The van der Waals surface area contributed by atoms with Crippen molar-refractivity contribution in [2.75, 3.05) is 0 Å². The van der Waals surface area contributed by atoms with Crippen LogP contribution in [0.25, 0.3) is 0 Å². The maximum atomic E-state index is 9.16. The minimum atomic E-state index is 0.517. The maximum Gasteiger partial charge on any atom is 0.101 e. The number of rotatable bonds is 4. The van der Waals surface area contributed by atoms with Crippen molar-refractivity contribution in [1.29, 1.82) is 5.26 Å². The molecule has 2 aromatic carbocycles. The van der Waals surface area contributed by atoms with Gasteiger partial charge in [0.15, 0.2) is 0 Å². The number of nitriles is 1. The Balaban J connectivity index is 2.46. The molecule has 0 N–H and O–H groups in total. The summed E-state index contributed by atoms with van der Waals surface area (Å²) in [6, 6.07) is 19.8. The van der Waals surface area contributed by atoms with E-state index < -0.39 is 0 Å². The zero-order valence-electron chi connectivity index (χ0n) is 11.9. The van der Waals surface area contributed by atoms with E-state index >= 15 is 0 Å². The molecule has 0 bridgehead atoms. The van der Waals surface area contributed by atoms with Gasteiger partial charge in [-0.3, -0.25) is 4.99 Å². The van der Waals surface area contributed by atoms with Gasteiger partial charge in [-0.25, -0.2) is 0 Å². The Labute approximate surface area is 120 Å². The SMILES string of the molecule is CC(C)CC(=Nc1ccccc1C#N)c1ccccc1. The lowest BCUT2D eigenvalue weighted by Crippen LogP contribution is -2.05. The van der Waals surface area contributed by atoms with Crippen molar-refractivity contribution in [1.82, 2.24) is 0 Å². The zero-order chi connectivity index (χ0) is 14.4. The second kappa shape index (κ2) is 6.68. The Morgan fingerprint density at radius 1 is 1.05 bits per heavy atom. The highest BCUT2D eigenvalue weighted by Crippen LogP contribution is 2.21. The largest absolute Gasteiger partial charge is 0.251 e. The first-order valence-corrected chi connectivity index (χ1v) is 6.83. The fraction of sp³-hybridized carbons (Fsp3) is 0.222. The van der Waals surface area contributed by atoms with Gasteiger partial charge in [-0.1, -0.05) is 56.3 Å². The summed E-state index contributed by atoms with van der Waals surface area (Å²) >= 11 is 0. The molecule has 0 saturated carbocycles. The molecule has 2 heteroatoms. The summed E-state index contributed by atoms with van der Waals surface area (Å²) in [4.78, 5) is 4.73. The minimum Gasteiger partial charge on any atom is -0.251 e. The third-order valence-electron chi connectivity index (χ3n) is 2.99. The van der Waals surface area contributed by atoms with Gasteiger partial charge in [0, 0.05) is 5.71 Å². The molecule has 2 nitrogen and oxygen atoms in total. The number of nitrogens with zero attached hydrogens (tertiary/aromatic N) is 2. The summed E-state index contributed by atoms with van der Waals surface area (Å²) in [6.07, 6.45) is 0.893. The Kier molecular flexibility index (Phi) is 4.68. The molecule has 0 atom stereocenters. The highest BCUT2D eigenvalue weighted by molar-refractivity contribution is 6.02. The summed E-state index contributed by atoms with van der Waals surface area (Å²) in [5.41, 5.74) is 3.51. The van der Waals surface area contributed by atoms with E-state index in [1.807, 2.05) is 36.4 Å². The average Bonchev–Trinajstić information content (AvgIpc) is 2.47. The molecule has 100 valence electrons. The monoisotopic (exact) mass is 262 g/mol. The second-order valence-corrected chi connectivity index (χ2v) is 5.15. The first-order chi connectivity index (χ1) is 9.70. The zero-order valence-corrected chi connectivity index (χ0v) is 11.9. The van der Waals surface area contributed by atoms with E-state index in [0.29, 0.717) is 11.5 Å². The lowest BCUT2D eigenvalue weighted by molar-refractivity contribution is 0.684. The van der Waals surface area contributed by atoms with E-state index in [9.17, 15) is 0 Å². The Bertz CT molecular complexity index is 634. The van der Waals surface area contributed by atoms with Crippen LogP contribution >= 0.6 is 0 Å². The molecule has 2 aromatic rings. The Hall–Kier alpha value is -2.40. The van der Waals surface area contributed by atoms with Gasteiger partial charge < -0.3 is 0 Å². The van der Waals surface area contributed by atoms with Crippen molar-refractivity contribution in [2.24, 2.45) is 10.9 Å². The van der Waals surface area contributed by atoms with Crippen molar-refractivity contribution in [3.8, 4) is 6.07 Å². The summed E-state index contributed by atoms with van der Waals surface area (Å²) in [6.45, 7) is 4.35. The van der Waals surface area contributed by atoms with Crippen LogP contribution in [0.1, 0.15) is 31.4 Å². The van der Waals surface area contributed by atoms with E-state index in [2.05, 4.69) is 32.0 Å². The van der Waals surface area contributed by atoms with Crippen LogP contribution in [-0.4, -0.2) is 5.71 Å². The van der Waals surface area contributed by atoms with Gasteiger partial charge in [0.05, 0.1) is 11.3 Å². The molecular formula is C18H18N2. The highest BCUT2D eigenvalue weighted by Gasteiger charge is 2.08. The minimum absolute atomic E-state index is 0.517. The number of para-hydroxylation sites is 1. The molecule has 0 amide bonds. The molecule has 0 fully saturated rings. The van der Waals surface area contributed by atoms with Crippen LogP contribution in [0.15, 0.2) is 59.6 Å². The maximum absolute atomic E-state index is 9.16. The van der Waals surface area contributed by atoms with Crippen LogP contribution in [-0.2, 0) is 0 Å². The summed E-state index contributed by atoms with van der Waals surface area (Å²) in [5.74, 6) is 0.517. The topological polar surface area (TPSA) is 36.1 Å². The van der Waals surface area contributed by atoms with Gasteiger partial charge >= 0.3 is 0 Å². The van der Waals surface area contributed by atoms with E-state index in [4.69, 9.17) is 10.3 Å². The van der Waals surface area contributed by atoms with E-state index in [1.54, 1.807) is 6.07 Å². The number of benzene rings is 2. The predicted octanol–water partition coefficient (Wildman–Crippen LogP) is 4.73. The van der Waals surface area contributed by atoms with Gasteiger partial charge in [-0.05, 0) is 30.0 Å². The molecule has 0 aromatic heterocycles. The molecule has 0 unspecified atom stereocenters. The number of hydrogen-bond acceptors (Lipinski definition) is 2. The number of aliphatic imine (C=N–C) groups is 1. The van der Waals surface area contributed by atoms with Gasteiger partial charge in [-0.2, -0.15) is 5.26 Å².